The Morgan fingerprint density at radius 1 is 0.816 bits per heavy atom. The van der Waals surface area contributed by atoms with Crippen LogP contribution in [0.3, 0.4) is 0 Å². The Kier molecular flexibility index (Phi) is 17.7. The van der Waals surface area contributed by atoms with E-state index in [9.17, 15) is 9.59 Å². The molecule has 0 amide bonds. The SMILES string of the molecule is C.C.COOSc1nccc(-c2ccc(C(C)=O)s2)n1.CSc1nccc(-c2ccc(C(C)=O)s2)n1.[2HH].[B][B]. The largest absolute Gasteiger partial charge is 0.294 e. The molecule has 0 aliphatic heterocycles. The highest BCUT2D eigenvalue weighted by atomic mass is 32.2. The molecule has 4 radical (unpaired) electrons. The highest BCUT2D eigenvalue weighted by Gasteiger charge is 2.09. The summed E-state index contributed by atoms with van der Waals surface area (Å²) in [5.74, 6) is 0.146. The first-order valence-corrected chi connectivity index (χ1v) is 13.6. The number of Topliss-reactive ketones (excluding diaryl/α,β-unsaturated/α-hetero) is 2. The van der Waals surface area contributed by atoms with E-state index in [4.69, 9.17) is 4.33 Å². The monoisotopic (exact) mass is 589 g/mol. The number of thiophene rings is 2. The molecule has 0 unspecified atom stereocenters. The lowest BCUT2D eigenvalue weighted by atomic mass is 9.81. The van der Waals surface area contributed by atoms with Crippen LogP contribution in [0.25, 0.3) is 21.1 Å². The van der Waals surface area contributed by atoms with Gasteiger partial charge in [0, 0.05) is 29.3 Å². The minimum atomic E-state index is 0. The number of hydrogen-bond donors (Lipinski definition) is 0. The van der Waals surface area contributed by atoms with Gasteiger partial charge in [-0.3, -0.25) is 9.59 Å². The van der Waals surface area contributed by atoms with E-state index in [0.29, 0.717) is 10.0 Å². The fourth-order valence-corrected chi connectivity index (χ4v) is 4.95. The maximum atomic E-state index is 11.2. The molecule has 4 aromatic rings. The molecule has 4 heterocycles. The molecule has 200 valence electrons. The molecule has 0 atom stereocenters. The number of ketones is 2. The van der Waals surface area contributed by atoms with Gasteiger partial charge in [-0.15, -0.1) is 22.7 Å². The quantitative estimate of drug-likeness (QED) is 0.0411. The molecule has 0 saturated carbocycles. The van der Waals surface area contributed by atoms with E-state index in [1.165, 1.54) is 41.5 Å². The number of rotatable bonds is 8. The summed E-state index contributed by atoms with van der Waals surface area (Å²) in [5, 5.41) is 1.20. The zero-order chi connectivity index (χ0) is 26.5. The molecule has 0 saturated heterocycles. The van der Waals surface area contributed by atoms with Gasteiger partial charge in [0.1, 0.15) is 12.0 Å². The van der Waals surface area contributed by atoms with Crippen molar-refractivity contribution in [3.05, 3.63) is 58.5 Å². The molecular weight excluding hydrogens is 558 g/mol. The summed E-state index contributed by atoms with van der Waals surface area (Å²) in [4.78, 5) is 47.1. The fraction of sp³-hybridized carbons (Fsp3) is 0.250. The average molecular weight is 589 g/mol. The molecule has 38 heavy (non-hydrogen) atoms. The Balaban J connectivity index is 0. The van der Waals surface area contributed by atoms with Crippen molar-refractivity contribution in [1.82, 2.24) is 19.9 Å². The summed E-state index contributed by atoms with van der Waals surface area (Å²) >= 11 is 5.31. The minimum Gasteiger partial charge on any atom is -0.294 e. The second-order valence-corrected chi connectivity index (χ2v) is 10.0. The van der Waals surface area contributed by atoms with Crippen LogP contribution in [0.1, 0.15) is 49.5 Å². The number of nitrogens with zero attached hydrogens (tertiary/aromatic N) is 4. The molecular formula is C24H30B2N4O4S4. The standard InChI is InChI=1S/C11H10N2O3S2.C11H10N2OS2.2CH4.B2.H2/c1-7(14)9-3-4-10(17-9)8-5-6-12-11(13-8)18-16-15-2;1-7(14)9-3-4-10(16-9)8-5-6-12-11(13-8)15-2;;;1-2;/h3-6H,1-2H3;3-6H,1-2H3;2*1H4;;1H/i;;;;;1+1. The van der Waals surface area contributed by atoms with Crippen molar-refractivity contribution in [2.45, 2.75) is 39.0 Å². The van der Waals surface area contributed by atoms with Gasteiger partial charge in [-0.05, 0) is 56.5 Å². The van der Waals surface area contributed by atoms with Crippen molar-refractivity contribution in [2.24, 2.45) is 0 Å². The second-order valence-electron chi connectivity index (χ2n) is 6.41. The van der Waals surface area contributed by atoms with Crippen LogP contribution >= 0.6 is 46.5 Å². The number of aromatic nitrogens is 4. The van der Waals surface area contributed by atoms with Crippen LogP contribution in [-0.4, -0.2) is 60.3 Å². The van der Waals surface area contributed by atoms with E-state index in [1.54, 1.807) is 38.4 Å². The summed E-state index contributed by atoms with van der Waals surface area (Å²) in [7, 11) is 9.41. The van der Waals surface area contributed by atoms with Crippen LogP contribution in [0.4, 0.5) is 0 Å². The van der Waals surface area contributed by atoms with E-state index >= 15 is 0 Å². The third-order valence-electron chi connectivity index (χ3n) is 4.04. The molecule has 0 aliphatic rings. The zero-order valence-electron chi connectivity index (χ0n) is 19.8. The van der Waals surface area contributed by atoms with Gasteiger partial charge >= 0.3 is 0 Å². The van der Waals surface area contributed by atoms with E-state index in [0.717, 1.165) is 43.2 Å². The molecule has 0 aromatic carbocycles. The first-order chi connectivity index (χ1) is 17.4. The van der Waals surface area contributed by atoms with Crippen LogP contribution in [0.2, 0.25) is 0 Å². The van der Waals surface area contributed by atoms with Crippen molar-refractivity contribution in [2.75, 3.05) is 13.4 Å². The third-order valence-corrected chi connectivity index (χ3v) is 7.57. The van der Waals surface area contributed by atoms with E-state index in [1.807, 2.05) is 30.5 Å². The van der Waals surface area contributed by atoms with E-state index < -0.39 is 0 Å². The summed E-state index contributed by atoms with van der Waals surface area (Å²) in [6.07, 6.45) is 5.31. The predicted molar refractivity (Wildman–Crippen MR) is 164 cm³/mol. The van der Waals surface area contributed by atoms with Crippen LogP contribution in [0.5, 0.6) is 0 Å². The molecule has 0 fully saturated rings. The van der Waals surface area contributed by atoms with Gasteiger partial charge in [0.05, 0.1) is 38.0 Å². The predicted octanol–water partition coefficient (Wildman–Crippen LogP) is 6.88. The van der Waals surface area contributed by atoms with E-state index in [-0.39, 0.29) is 27.8 Å². The number of hydrogen-bond acceptors (Lipinski definition) is 12. The topological polar surface area (TPSA) is 104 Å². The highest BCUT2D eigenvalue weighted by molar-refractivity contribution is 7.98. The van der Waals surface area contributed by atoms with Gasteiger partial charge in [-0.2, -0.15) is 4.33 Å². The van der Waals surface area contributed by atoms with Crippen LogP contribution in [0, 0.1) is 0 Å². The molecule has 0 spiro atoms. The van der Waals surface area contributed by atoms with Gasteiger partial charge in [0.2, 0.25) is 5.16 Å². The lowest BCUT2D eigenvalue weighted by molar-refractivity contribution is -0.160. The third kappa shape index (κ3) is 10.8. The van der Waals surface area contributed by atoms with Crippen molar-refractivity contribution in [3.63, 3.8) is 0 Å². The fourth-order valence-electron chi connectivity index (χ4n) is 2.49. The maximum Gasteiger partial charge on any atom is 0.218 e. The summed E-state index contributed by atoms with van der Waals surface area (Å²) < 4.78 is 4.69. The Labute approximate surface area is 244 Å². The Morgan fingerprint density at radius 3 is 1.66 bits per heavy atom. The minimum absolute atomic E-state index is 0. The molecule has 0 N–H and O–H groups in total. The van der Waals surface area contributed by atoms with Crippen LogP contribution in [-0.2, 0) is 9.22 Å². The smallest absolute Gasteiger partial charge is 0.218 e. The summed E-state index contributed by atoms with van der Waals surface area (Å²) in [6.45, 7) is 3.12. The lowest BCUT2D eigenvalue weighted by Gasteiger charge is -1.99. The first-order valence-electron chi connectivity index (χ1n) is 10.0. The molecule has 0 aliphatic carbocycles. The van der Waals surface area contributed by atoms with Crippen molar-refractivity contribution in [3.8, 4) is 21.1 Å². The normalized spacial score (nSPS) is 9.47. The van der Waals surface area contributed by atoms with Crippen LogP contribution < -0.4 is 0 Å². The Hall–Kier alpha value is -2.35. The summed E-state index contributed by atoms with van der Waals surface area (Å²) in [6, 6.07) is 11.1. The van der Waals surface area contributed by atoms with E-state index in [2.05, 4.69) is 40.3 Å². The Morgan fingerprint density at radius 2 is 1.26 bits per heavy atom. The van der Waals surface area contributed by atoms with Crippen molar-refractivity contribution >= 4 is 73.5 Å². The zero-order valence-corrected chi connectivity index (χ0v) is 23.1. The molecule has 0 bridgehead atoms. The number of thioether (sulfide) groups is 1. The average Bonchev–Trinajstić information content (AvgIpc) is 3.60. The van der Waals surface area contributed by atoms with Crippen molar-refractivity contribution < 1.29 is 20.2 Å². The number of carbonyl (C=O) groups is 2. The first kappa shape index (κ1) is 35.6. The maximum absolute atomic E-state index is 11.2. The molecule has 14 heteroatoms. The summed E-state index contributed by atoms with van der Waals surface area (Å²) in [5.41, 5.74) is 1.63. The second kappa shape index (κ2) is 18.8. The van der Waals surface area contributed by atoms with Crippen molar-refractivity contribution in [1.29, 1.82) is 0 Å². The van der Waals surface area contributed by atoms with Crippen LogP contribution in [0.15, 0.2) is 59.1 Å². The van der Waals surface area contributed by atoms with Gasteiger partial charge in [-0.1, -0.05) is 26.6 Å². The Bertz CT molecular complexity index is 1290. The molecule has 4 rings (SSSR count). The molecule has 8 nitrogen and oxygen atoms in total. The van der Waals surface area contributed by atoms with Gasteiger partial charge < -0.3 is 0 Å². The number of carbonyl (C=O) groups excluding carboxylic acids is 2. The van der Waals surface area contributed by atoms with Gasteiger partial charge in [0.25, 0.3) is 0 Å². The highest BCUT2D eigenvalue weighted by Crippen LogP contribution is 2.29. The lowest BCUT2D eigenvalue weighted by Crippen LogP contribution is -1.89. The van der Waals surface area contributed by atoms with Gasteiger partial charge in [-0.25, -0.2) is 24.8 Å². The van der Waals surface area contributed by atoms with Gasteiger partial charge in [0.15, 0.2) is 16.7 Å². The molecule has 4 aromatic heterocycles.